The van der Waals surface area contributed by atoms with Gasteiger partial charge in [0.2, 0.25) is 5.91 Å². The summed E-state index contributed by atoms with van der Waals surface area (Å²) in [7, 11) is 2.82. The topological polar surface area (TPSA) is 53.4 Å². The van der Waals surface area contributed by atoms with Crippen molar-refractivity contribution in [2.45, 2.75) is 59.0 Å². The molecule has 1 aromatic heterocycles. The second kappa shape index (κ2) is 7.39. The number of aliphatic hydroxyl groups excluding tert-OH is 1. The summed E-state index contributed by atoms with van der Waals surface area (Å²) in [5.41, 5.74) is 6.30. The number of aryl methyl sites for hydroxylation is 2. The number of aliphatic hydroxyl groups is 1. The van der Waals surface area contributed by atoms with Crippen LogP contribution >= 0.6 is 9.24 Å². The molecule has 1 unspecified atom stereocenters. The van der Waals surface area contributed by atoms with Gasteiger partial charge < -0.3 is 10.0 Å². The van der Waals surface area contributed by atoms with Crippen LogP contribution in [-0.2, 0) is 24.2 Å². The van der Waals surface area contributed by atoms with Crippen molar-refractivity contribution >= 4 is 31.4 Å². The first-order valence-corrected chi connectivity index (χ1v) is 9.60. The molecule has 0 saturated carbocycles. The molecule has 1 heterocycles. The van der Waals surface area contributed by atoms with E-state index in [1.54, 1.807) is 0 Å². The Bertz CT molecular complexity index is 817. The molecular formula is C20H27N2O2P. The summed E-state index contributed by atoms with van der Waals surface area (Å²) >= 11 is 0. The molecule has 1 aromatic carbocycles. The first-order valence-electron chi connectivity index (χ1n) is 9.02. The summed E-state index contributed by atoms with van der Waals surface area (Å²) < 4.78 is 0. The Hall–Kier alpha value is -1.51. The van der Waals surface area contributed by atoms with Gasteiger partial charge in [-0.25, -0.2) is 0 Å². The fraction of sp³-hybridized carbons (Fsp3) is 0.500. The predicted octanol–water partition coefficient (Wildman–Crippen LogP) is 2.65. The number of amides is 1. The second-order valence-corrected chi connectivity index (χ2v) is 7.79. The smallest absolute Gasteiger partial charge is 0.225 e. The van der Waals surface area contributed by atoms with Crippen molar-refractivity contribution in [1.82, 2.24) is 9.88 Å². The van der Waals surface area contributed by atoms with Crippen LogP contribution in [0.1, 0.15) is 48.9 Å². The standard InChI is InChI=1S/C20H27N2O2P/c1-12(2)22(19(24)7-8-23)11-14-10-21-17-9-18(25)13(3)15-5-4-6-16(14)20(15)17/h9-10,12,23H,4-8,11,25H2,1-3H3. The maximum absolute atomic E-state index is 12.4. The van der Waals surface area contributed by atoms with Crippen LogP contribution < -0.4 is 5.30 Å². The zero-order valence-electron chi connectivity index (χ0n) is 15.3. The van der Waals surface area contributed by atoms with E-state index >= 15 is 0 Å². The first kappa shape index (κ1) is 18.3. The van der Waals surface area contributed by atoms with E-state index in [9.17, 15) is 4.79 Å². The molecule has 2 aromatic rings. The zero-order valence-corrected chi connectivity index (χ0v) is 16.5. The van der Waals surface area contributed by atoms with E-state index < -0.39 is 0 Å². The summed E-state index contributed by atoms with van der Waals surface area (Å²) in [5.74, 6) is -0.00248. The van der Waals surface area contributed by atoms with Gasteiger partial charge in [-0.3, -0.25) is 9.78 Å². The molecule has 0 bridgehead atoms. The lowest BCUT2D eigenvalue weighted by molar-refractivity contribution is -0.134. The molecule has 4 nitrogen and oxygen atoms in total. The van der Waals surface area contributed by atoms with Gasteiger partial charge in [-0.2, -0.15) is 0 Å². The number of pyridine rings is 1. The lowest BCUT2D eigenvalue weighted by Gasteiger charge is -2.29. The Morgan fingerprint density at radius 1 is 1.36 bits per heavy atom. The number of nitrogens with zero attached hydrogens (tertiary/aromatic N) is 2. The quantitative estimate of drug-likeness (QED) is 0.836. The van der Waals surface area contributed by atoms with Crippen LogP contribution in [-0.4, -0.2) is 33.5 Å². The second-order valence-electron chi connectivity index (χ2n) is 7.17. The summed E-state index contributed by atoms with van der Waals surface area (Å²) in [5, 5.41) is 11.6. The van der Waals surface area contributed by atoms with Crippen molar-refractivity contribution in [3.63, 3.8) is 0 Å². The maximum Gasteiger partial charge on any atom is 0.225 e. The number of hydrogen-bond acceptors (Lipinski definition) is 3. The number of aromatic nitrogens is 1. The highest BCUT2D eigenvalue weighted by molar-refractivity contribution is 7.27. The lowest BCUT2D eigenvalue weighted by atomic mass is 9.85. The van der Waals surface area contributed by atoms with Crippen molar-refractivity contribution in [3.05, 3.63) is 34.5 Å². The summed E-state index contributed by atoms with van der Waals surface area (Å²) in [4.78, 5) is 18.9. The Balaban J connectivity index is 2.07. The van der Waals surface area contributed by atoms with Gasteiger partial charge in [-0.05, 0) is 73.7 Å². The monoisotopic (exact) mass is 358 g/mol. The number of benzene rings is 1. The van der Waals surface area contributed by atoms with E-state index in [1.165, 1.54) is 27.4 Å². The maximum atomic E-state index is 12.4. The van der Waals surface area contributed by atoms with E-state index in [0.717, 1.165) is 30.3 Å². The van der Waals surface area contributed by atoms with Gasteiger partial charge in [0.25, 0.3) is 0 Å². The van der Waals surface area contributed by atoms with Crippen LogP contribution in [0.4, 0.5) is 0 Å². The van der Waals surface area contributed by atoms with Crippen LogP contribution in [0.15, 0.2) is 12.3 Å². The largest absolute Gasteiger partial charge is 0.396 e. The predicted molar refractivity (Wildman–Crippen MR) is 105 cm³/mol. The fourth-order valence-corrected chi connectivity index (χ4v) is 4.16. The lowest BCUT2D eigenvalue weighted by Crippen LogP contribution is -2.37. The summed E-state index contributed by atoms with van der Waals surface area (Å²) in [6.07, 6.45) is 5.39. The normalized spacial score (nSPS) is 13.5. The average molecular weight is 358 g/mol. The highest BCUT2D eigenvalue weighted by atomic mass is 31.0. The van der Waals surface area contributed by atoms with Crippen LogP contribution in [0, 0.1) is 6.92 Å². The third-order valence-electron chi connectivity index (χ3n) is 5.25. The molecule has 1 atom stereocenters. The molecule has 1 aliphatic carbocycles. The minimum Gasteiger partial charge on any atom is -0.396 e. The van der Waals surface area contributed by atoms with Crippen LogP contribution in [0.3, 0.4) is 0 Å². The molecule has 134 valence electrons. The van der Waals surface area contributed by atoms with Crippen molar-refractivity contribution in [2.24, 2.45) is 0 Å². The van der Waals surface area contributed by atoms with Gasteiger partial charge in [0.1, 0.15) is 0 Å². The van der Waals surface area contributed by atoms with E-state index in [2.05, 4.69) is 22.2 Å². The molecular weight excluding hydrogens is 331 g/mol. The fourth-order valence-electron chi connectivity index (χ4n) is 3.83. The highest BCUT2D eigenvalue weighted by Gasteiger charge is 2.23. The zero-order chi connectivity index (χ0) is 18.1. The molecule has 0 spiro atoms. The number of carbonyl (C=O) groups is 1. The first-order chi connectivity index (χ1) is 11.9. The Morgan fingerprint density at radius 3 is 2.76 bits per heavy atom. The molecule has 25 heavy (non-hydrogen) atoms. The molecule has 3 rings (SSSR count). The van der Waals surface area contributed by atoms with Gasteiger partial charge in [-0.1, -0.05) is 0 Å². The van der Waals surface area contributed by atoms with Crippen molar-refractivity contribution < 1.29 is 9.90 Å². The molecule has 0 radical (unpaired) electrons. The Labute approximate surface area is 151 Å². The van der Waals surface area contributed by atoms with Crippen LogP contribution in [0.5, 0.6) is 0 Å². The Kier molecular flexibility index (Phi) is 5.41. The SMILES string of the molecule is Cc1c(P)cc2ncc(CN(C(=O)CCO)C(C)C)c3c2c1CCC3. The molecule has 1 N–H and O–H groups in total. The minimum atomic E-state index is -0.106. The number of carbonyl (C=O) groups excluding carboxylic acids is 1. The van der Waals surface area contributed by atoms with Crippen LogP contribution in [0.25, 0.3) is 10.9 Å². The van der Waals surface area contributed by atoms with Crippen LogP contribution in [0.2, 0.25) is 0 Å². The molecule has 1 amide bonds. The molecule has 0 fully saturated rings. The third kappa shape index (κ3) is 3.43. The van der Waals surface area contributed by atoms with Gasteiger partial charge in [-0.15, -0.1) is 9.24 Å². The minimum absolute atomic E-state index is 0.00248. The van der Waals surface area contributed by atoms with Gasteiger partial charge in [0, 0.05) is 30.6 Å². The van der Waals surface area contributed by atoms with Crippen molar-refractivity contribution in [1.29, 1.82) is 0 Å². The van der Waals surface area contributed by atoms with E-state index in [0.29, 0.717) is 6.54 Å². The van der Waals surface area contributed by atoms with E-state index in [-0.39, 0.29) is 25.0 Å². The van der Waals surface area contributed by atoms with Crippen molar-refractivity contribution in [2.75, 3.05) is 6.61 Å². The molecule has 0 saturated heterocycles. The van der Waals surface area contributed by atoms with E-state index in [1.807, 2.05) is 24.9 Å². The summed E-state index contributed by atoms with van der Waals surface area (Å²) in [6.45, 7) is 6.68. The molecule has 5 heteroatoms. The van der Waals surface area contributed by atoms with Gasteiger partial charge in [0.05, 0.1) is 12.1 Å². The summed E-state index contributed by atoms with van der Waals surface area (Å²) in [6, 6.07) is 2.25. The highest BCUT2D eigenvalue weighted by Crippen LogP contribution is 2.33. The Morgan fingerprint density at radius 2 is 2.08 bits per heavy atom. The van der Waals surface area contributed by atoms with Gasteiger partial charge >= 0.3 is 0 Å². The third-order valence-corrected chi connectivity index (χ3v) is 5.85. The van der Waals surface area contributed by atoms with Crippen molar-refractivity contribution in [3.8, 4) is 0 Å². The van der Waals surface area contributed by atoms with Gasteiger partial charge in [0.15, 0.2) is 0 Å². The van der Waals surface area contributed by atoms with E-state index in [4.69, 9.17) is 10.1 Å². The molecule has 1 aliphatic rings. The number of hydrogen-bond donors (Lipinski definition) is 1. The average Bonchev–Trinajstić information content (AvgIpc) is 2.58. The molecule has 0 aliphatic heterocycles. The number of rotatable bonds is 5.